The molecule has 0 fully saturated rings. The number of rotatable bonds is 5. The fourth-order valence-electron chi connectivity index (χ4n) is 0.971. The Morgan fingerprint density at radius 3 is 2.12 bits per heavy atom. The molecule has 0 aliphatic carbocycles. The molecule has 0 aliphatic rings. The fraction of sp³-hybridized carbons (Fsp3) is 0.400. The summed E-state index contributed by atoms with van der Waals surface area (Å²) in [6.45, 7) is -1.40. The highest BCUT2D eigenvalue weighted by molar-refractivity contribution is 5.39. The quantitative estimate of drug-likeness (QED) is 0.735. The van der Waals surface area contributed by atoms with Crippen LogP contribution in [-0.2, 0) is 4.74 Å². The topological polar surface area (TPSA) is 27.7 Å². The van der Waals surface area contributed by atoms with Gasteiger partial charge in [0.2, 0.25) is 0 Å². The Hall–Kier alpha value is -1.43. The van der Waals surface area contributed by atoms with E-state index in [0.29, 0.717) is 0 Å². The molecule has 0 N–H and O–H groups in total. The van der Waals surface area contributed by atoms with Crippen LogP contribution in [0.25, 0.3) is 0 Å². The zero-order chi connectivity index (χ0) is 12.0. The van der Waals surface area contributed by atoms with E-state index in [-0.39, 0.29) is 18.3 Å². The summed E-state index contributed by atoms with van der Waals surface area (Å²) in [5, 5.41) is 0. The summed E-state index contributed by atoms with van der Waals surface area (Å²) in [6.07, 6.45) is -4.37. The molecule has 0 saturated heterocycles. The number of para-hydroxylation sites is 2. The summed E-state index contributed by atoms with van der Waals surface area (Å²) in [5.74, 6) is 0.255. The van der Waals surface area contributed by atoms with Gasteiger partial charge in [-0.25, -0.2) is 0 Å². The third-order valence-corrected chi connectivity index (χ3v) is 1.57. The predicted octanol–water partition coefficient (Wildman–Crippen LogP) is 2.61. The molecule has 0 atom stereocenters. The minimum absolute atomic E-state index is 0.0388. The molecule has 3 nitrogen and oxygen atoms in total. The molecule has 1 rings (SSSR count). The van der Waals surface area contributed by atoms with E-state index in [9.17, 15) is 13.2 Å². The molecule has 1 aromatic rings. The molecule has 0 saturated carbocycles. The monoisotopic (exact) mass is 236 g/mol. The van der Waals surface area contributed by atoms with Crippen LogP contribution in [0.2, 0.25) is 0 Å². The van der Waals surface area contributed by atoms with Crippen molar-refractivity contribution in [2.75, 3.05) is 20.5 Å². The average molecular weight is 236 g/mol. The lowest BCUT2D eigenvalue weighted by atomic mass is 10.3. The molecule has 0 spiro atoms. The molecule has 0 heterocycles. The molecular weight excluding hydrogens is 225 g/mol. The maximum atomic E-state index is 11.9. The molecule has 0 bridgehead atoms. The first-order chi connectivity index (χ1) is 7.53. The van der Waals surface area contributed by atoms with Crippen LogP contribution in [0.1, 0.15) is 0 Å². The van der Waals surface area contributed by atoms with Gasteiger partial charge in [-0.1, -0.05) is 12.1 Å². The minimum Gasteiger partial charge on any atom is -0.480 e. The maximum absolute atomic E-state index is 11.9. The number of hydrogen-bond donors (Lipinski definition) is 0. The molecule has 1 aromatic carbocycles. The Labute approximate surface area is 90.7 Å². The van der Waals surface area contributed by atoms with E-state index in [1.807, 2.05) is 0 Å². The number of methoxy groups -OCH3 is 1. The second kappa shape index (κ2) is 5.60. The first kappa shape index (κ1) is 12.6. The number of benzene rings is 1. The Bertz CT molecular complexity index is 325. The molecular formula is C10H11F3O3. The van der Waals surface area contributed by atoms with Crippen LogP contribution in [0.5, 0.6) is 11.5 Å². The summed E-state index contributed by atoms with van der Waals surface area (Å²) < 4.78 is 50.1. The van der Waals surface area contributed by atoms with Crippen LogP contribution in [0.3, 0.4) is 0 Å². The summed E-state index contributed by atoms with van der Waals surface area (Å²) in [7, 11) is 1.42. The van der Waals surface area contributed by atoms with Crippen molar-refractivity contribution in [3.8, 4) is 11.5 Å². The van der Waals surface area contributed by atoms with Crippen molar-refractivity contribution in [1.82, 2.24) is 0 Å². The number of hydrogen-bond acceptors (Lipinski definition) is 3. The second-order valence-corrected chi connectivity index (χ2v) is 2.90. The van der Waals surface area contributed by atoms with Crippen LogP contribution < -0.4 is 9.47 Å². The summed E-state index contributed by atoms with van der Waals surface area (Å²) >= 11 is 0. The van der Waals surface area contributed by atoms with Gasteiger partial charge in [-0.3, -0.25) is 0 Å². The van der Waals surface area contributed by atoms with Gasteiger partial charge in [0.1, 0.15) is 0 Å². The Balaban J connectivity index is 2.63. The van der Waals surface area contributed by atoms with Gasteiger partial charge in [-0.2, -0.15) is 13.2 Å². The fourth-order valence-corrected chi connectivity index (χ4v) is 0.971. The first-order valence-electron chi connectivity index (χ1n) is 4.43. The highest BCUT2D eigenvalue weighted by atomic mass is 19.4. The molecule has 90 valence electrons. The molecule has 0 aromatic heterocycles. The number of alkyl halides is 3. The van der Waals surface area contributed by atoms with E-state index in [2.05, 4.69) is 9.47 Å². The largest absolute Gasteiger partial charge is 0.480 e. The van der Waals surface area contributed by atoms with Gasteiger partial charge in [0.05, 0.1) is 0 Å². The van der Waals surface area contributed by atoms with E-state index < -0.39 is 12.8 Å². The molecule has 0 aliphatic heterocycles. The van der Waals surface area contributed by atoms with E-state index in [0.717, 1.165) is 0 Å². The molecule has 6 heteroatoms. The highest BCUT2D eigenvalue weighted by Crippen LogP contribution is 2.28. The van der Waals surface area contributed by atoms with E-state index in [1.165, 1.54) is 19.2 Å². The summed E-state index contributed by atoms with van der Waals surface area (Å²) in [4.78, 5) is 0. The standard InChI is InChI=1S/C10H11F3O3/c1-14-7-16-9-5-3-2-4-8(9)15-6-10(11,12)13/h2-5H,6-7H2,1H3. The zero-order valence-electron chi connectivity index (χ0n) is 8.58. The van der Waals surface area contributed by atoms with Crippen LogP contribution in [0, 0.1) is 0 Å². The second-order valence-electron chi connectivity index (χ2n) is 2.90. The predicted molar refractivity (Wildman–Crippen MR) is 50.5 cm³/mol. The van der Waals surface area contributed by atoms with Gasteiger partial charge in [0.15, 0.2) is 24.9 Å². The van der Waals surface area contributed by atoms with E-state index in [4.69, 9.17) is 4.74 Å². The number of ether oxygens (including phenoxy) is 3. The van der Waals surface area contributed by atoms with Gasteiger partial charge in [-0.15, -0.1) is 0 Å². The van der Waals surface area contributed by atoms with Crippen molar-refractivity contribution in [2.24, 2.45) is 0 Å². The van der Waals surface area contributed by atoms with Crippen molar-refractivity contribution in [1.29, 1.82) is 0 Å². The minimum atomic E-state index is -4.37. The van der Waals surface area contributed by atoms with Crippen LogP contribution in [-0.4, -0.2) is 26.7 Å². The van der Waals surface area contributed by atoms with Gasteiger partial charge in [0, 0.05) is 7.11 Å². The van der Waals surface area contributed by atoms with Crippen LogP contribution >= 0.6 is 0 Å². The summed E-state index contributed by atoms with van der Waals surface area (Å²) in [6, 6.07) is 6.10. The van der Waals surface area contributed by atoms with E-state index in [1.54, 1.807) is 12.1 Å². The zero-order valence-corrected chi connectivity index (χ0v) is 8.58. The van der Waals surface area contributed by atoms with Crippen molar-refractivity contribution in [2.45, 2.75) is 6.18 Å². The molecule has 0 unspecified atom stereocenters. The normalized spacial score (nSPS) is 11.2. The Kier molecular flexibility index (Phi) is 4.42. The maximum Gasteiger partial charge on any atom is 0.422 e. The smallest absolute Gasteiger partial charge is 0.422 e. The van der Waals surface area contributed by atoms with E-state index >= 15 is 0 Å². The average Bonchev–Trinajstić information content (AvgIpc) is 2.23. The van der Waals surface area contributed by atoms with Gasteiger partial charge in [0.25, 0.3) is 0 Å². The third-order valence-electron chi connectivity index (χ3n) is 1.57. The number of halogens is 3. The third kappa shape index (κ3) is 4.39. The van der Waals surface area contributed by atoms with Gasteiger partial charge in [-0.05, 0) is 12.1 Å². The lowest BCUT2D eigenvalue weighted by Crippen LogP contribution is -2.19. The van der Waals surface area contributed by atoms with Crippen LogP contribution in [0.15, 0.2) is 24.3 Å². The lowest BCUT2D eigenvalue weighted by molar-refractivity contribution is -0.153. The van der Waals surface area contributed by atoms with Gasteiger partial charge >= 0.3 is 6.18 Å². The highest BCUT2D eigenvalue weighted by Gasteiger charge is 2.28. The molecule has 0 amide bonds. The van der Waals surface area contributed by atoms with Crippen molar-refractivity contribution >= 4 is 0 Å². The molecule has 16 heavy (non-hydrogen) atoms. The summed E-state index contributed by atoms with van der Waals surface area (Å²) in [5.41, 5.74) is 0. The Morgan fingerprint density at radius 1 is 1.06 bits per heavy atom. The van der Waals surface area contributed by atoms with Crippen LogP contribution in [0.4, 0.5) is 13.2 Å². The van der Waals surface area contributed by atoms with Crippen molar-refractivity contribution in [3.05, 3.63) is 24.3 Å². The first-order valence-corrected chi connectivity index (χ1v) is 4.43. The van der Waals surface area contributed by atoms with Gasteiger partial charge < -0.3 is 14.2 Å². The van der Waals surface area contributed by atoms with Crippen molar-refractivity contribution < 1.29 is 27.4 Å². The van der Waals surface area contributed by atoms with Crippen molar-refractivity contribution in [3.63, 3.8) is 0 Å². The molecule has 0 radical (unpaired) electrons. The Morgan fingerprint density at radius 2 is 1.62 bits per heavy atom. The lowest BCUT2D eigenvalue weighted by Gasteiger charge is -2.13. The SMILES string of the molecule is COCOc1ccccc1OCC(F)(F)F.